The van der Waals surface area contributed by atoms with Crippen molar-refractivity contribution in [1.29, 1.82) is 0 Å². The Morgan fingerprint density at radius 3 is 2.75 bits per heavy atom. The van der Waals surface area contributed by atoms with E-state index in [-0.39, 0.29) is 0 Å². The molecule has 0 spiro atoms. The van der Waals surface area contributed by atoms with Crippen LogP contribution in [0.5, 0.6) is 0 Å². The average molecular weight is 220 g/mol. The molecule has 1 atom stereocenters. The van der Waals surface area contributed by atoms with Gasteiger partial charge in [-0.1, -0.05) is 12.8 Å². The number of nitrogens with one attached hydrogen (secondary N) is 2. The van der Waals surface area contributed by atoms with Crippen LogP contribution in [-0.4, -0.2) is 27.8 Å². The molecule has 4 nitrogen and oxygen atoms in total. The maximum Gasteiger partial charge on any atom is 0.153 e. The summed E-state index contributed by atoms with van der Waals surface area (Å²) in [5.41, 5.74) is 0. The van der Waals surface area contributed by atoms with Crippen molar-refractivity contribution in [2.24, 2.45) is 0 Å². The first kappa shape index (κ1) is 10.3. The summed E-state index contributed by atoms with van der Waals surface area (Å²) in [5, 5.41) is 11.0. The fraction of sp³-hybridized carbons (Fsp3) is 0.833. The molecule has 4 heteroatoms. The Balaban J connectivity index is 1.58. The van der Waals surface area contributed by atoms with E-state index >= 15 is 0 Å². The highest BCUT2D eigenvalue weighted by Crippen LogP contribution is 2.34. The number of aromatic nitrogens is 3. The summed E-state index contributed by atoms with van der Waals surface area (Å²) >= 11 is 0. The molecule has 0 aromatic carbocycles. The Morgan fingerprint density at radius 1 is 1.12 bits per heavy atom. The van der Waals surface area contributed by atoms with Crippen molar-refractivity contribution >= 4 is 0 Å². The third-order valence-corrected chi connectivity index (χ3v) is 3.87. The molecule has 1 aromatic heterocycles. The number of hydrogen-bond donors (Lipinski definition) is 2. The van der Waals surface area contributed by atoms with Crippen LogP contribution >= 0.6 is 0 Å². The van der Waals surface area contributed by atoms with Crippen LogP contribution in [-0.2, 0) is 6.42 Å². The third kappa shape index (κ3) is 2.12. The largest absolute Gasteiger partial charge is 0.314 e. The first-order valence-electron chi connectivity index (χ1n) is 6.56. The van der Waals surface area contributed by atoms with E-state index in [1.807, 2.05) is 0 Å². The Morgan fingerprint density at radius 2 is 2.06 bits per heavy atom. The van der Waals surface area contributed by atoms with Crippen LogP contribution in [0.2, 0.25) is 0 Å². The molecule has 2 heterocycles. The summed E-state index contributed by atoms with van der Waals surface area (Å²) in [6.45, 7) is 1.16. The smallest absolute Gasteiger partial charge is 0.153 e. The molecule has 88 valence electrons. The van der Waals surface area contributed by atoms with Crippen molar-refractivity contribution < 1.29 is 0 Å². The van der Waals surface area contributed by atoms with E-state index in [1.165, 1.54) is 38.5 Å². The zero-order valence-corrected chi connectivity index (χ0v) is 9.71. The average Bonchev–Trinajstić information content (AvgIpc) is 2.65. The van der Waals surface area contributed by atoms with Crippen LogP contribution < -0.4 is 5.32 Å². The molecule has 1 aliphatic heterocycles. The van der Waals surface area contributed by atoms with E-state index in [0.29, 0.717) is 12.0 Å². The predicted molar refractivity (Wildman–Crippen MR) is 62.3 cm³/mol. The first-order valence-corrected chi connectivity index (χ1v) is 6.56. The second-order valence-corrected chi connectivity index (χ2v) is 5.12. The van der Waals surface area contributed by atoms with Gasteiger partial charge in [-0.15, -0.1) is 0 Å². The van der Waals surface area contributed by atoms with Crippen molar-refractivity contribution in [3.8, 4) is 0 Å². The van der Waals surface area contributed by atoms with Crippen LogP contribution in [0, 0.1) is 0 Å². The number of aromatic amines is 1. The number of rotatable bonds is 3. The summed E-state index contributed by atoms with van der Waals surface area (Å²) in [6.07, 6.45) is 8.86. The van der Waals surface area contributed by atoms with Gasteiger partial charge in [0.25, 0.3) is 0 Å². The minimum atomic E-state index is 0.607. The lowest BCUT2D eigenvalue weighted by Gasteiger charge is -2.22. The Hall–Kier alpha value is -0.900. The molecular weight excluding hydrogens is 200 g/mol. The van der Waals surface area contributed by atoms with Crippen molar-refractivity contribution in [3.05, 3.63) is 11.6 Å². The van der Waals surface area contributed by atoms with E-state index < -0.39 is 0 Å². The van der Waals surface area contributed by atoms with Crippen molar-refractivity contribution in [3.63, 3.8) is 0 Å². The van der Waals surface area contributed by atoms with Gasteiger partial charge in [0.1, 0.15) is 5.82 Å². The van der Waals surface area contributed by atoms with E-state index in [1.54, 1.807) is 0 Å². The Kier molecular flexibility index (Phi) is 2.91. The molecule has 1 saturated carbocycles. The van der Waals surface area contributed by atoms with Crippen molar-refractivity contribution in [1.82, 2.24) is 20.5 Å². The summed E-state index contributed by atoms with van der Waals surface area (Å²) in [7, 11) is 0. The maximum atomic E-state index is 4.62. The second-order valence-electron chi connectivity index (χ2n) is 5.12. The number of H-pyrrole nitrogens is 1. The minimum absolute atomic E-state index is 0.607. The fourth-order valence-corrected chi connectivity index (χ4v) is 2.58. The maximum absolute atomic E-state index is 4.62. The summed E-state index contributed by atoms with van der Waals surface area (Å²) in [6, 6.07) is 0.607. The van der Waals surface area contributed by atoms with Gasteiger partial charge < -0.3 is 5.32 Å². The van der Waals surface area contributed by atoms with E-state index in [9.17, 15) is 0 Å². The van der Waals surface area contributed by atoms with Crippen molar-refractivity contribution in [2.75, 3.05) is 6.54 Å². The normalized spacial score (nSPS) is 26.6. The van der Waals surface area contributed by atoms with Crippen molar-refractivity contribution in [2.45, 2.75) is 56.9 Å². The second kappa shape index (κ2) is 4.53. The number of hydrogen-bond acceptors (Lipinski definition) is 3. The molecule has 2 N–H and O–H groups in total. The van der Waals surface area contributed by atoms with Crippen LogP contribution in [0.25, 0.3) is 0 Å². The predicted octanol–water partition coefficient (Wildman–Crippen LogP) is 1.76. The molecule has 2 aliphatic rings. The highest BCUT2D eigenvalue weighted by molar-refractivity contribution is 5.02. The number of piperidine rings is 1. The molecule has 2 fully saturated rings. The van der Waals surface area contributed by atoms with Gasteiger partial charge in [0.15, 0.2) is 5.82 Å². The van der Waals surface area contributed by atoms with Gasteiger partial charge in [-0.3, -0.25) is 5.10 Å². The minimum Gasteiger partial charge on any atom is -0.314 e. The molecule has 1 unspecified atom stereocenters. The first-order chi connectivity index (χ1) is 7.92. The third-order valence-electron chi connectivity index (χ3n) is 3.87. The monoisotopic (exact) mass is 220 g/mol. The standard InChI is InChI=1S/C12H20N4/c1-2-7-13-10(6-1)8-11-14-12(16-15-11)9-4-3-5-9/h9-10,13H,1-8H2,(H,14,15,16). The van der Waals surface area contributed by atoms with Crippen LogP contribution in [0.15, 0.2) is 0 Å². The van der Waals surface area contributed by atoms with E-state index in [0.717, 1.165) is 24.6 Å². The molecule has 1 aliphatic carbocycles. The molecule has 1 saturated heterocycles. The molecule has 0 radical (unpaired) electrons. The zero-order chi connectivity index (χ0) is 10.8. The molecule has 16 heavy (non-hydrogen) atoms. The summed E-state index contributed by atoms with van der Waals surface area (Å²) in [5.74, 6) is 2.77. The molecule has 0 bridgehead atoms. The van der Waals surface area contributed by atoms with E-state index in [4.69, 9.17) is 0 Å². The van der Waals surface area contributed by atoms with Crippen LogP contribution in [0.3, 0.4) is 0 Å². The van der Waals surface area contributed by atoms with Gasteiger partial charge in [0.2, 0.25) is 0 Å². The lowest BCUT2D eigenvalue weighted by atomic mass is 9.85. The SMILES string of the molecule is C1CCC(Cc2nc(C3CCC3)n[nH]2)NC1. The molecule has 0 amide bonds. The van der Waals surface area contributed by atoms with Gasteiger partial charge in [-0.05, 0) is 32.2 Å². The number of nitrogens with zero attached hydrogens (tertiary/aromatic N) is 2. The van der Waals surface area contributed by atoms with Gasteiger partial charge >= 0.3 is 0 Å². The zero-order valence-electron chi connectivity index (χ0n) is 9.71. The van der Waals surface area contributed by atoms with E-state index in [2.05, 4.69) is 20.5 Å². The Labute approximate surface area is 96.2 Å². The lowest BCUT2D eigenvalue weighted by molar-refractivity contribution is 0.392. The topological polar surface area (TPSA) is 53.6 Å². The van der Waals surface area contributed by atoms with Gasteiger partial charge in [-0.25, -0.2) is 4.98 Å². The van der Waals surface area contributed by atoms with Gasteiger partial charge in [0.05, 0.1) is 0 Å². The summed E-state index contributed by atoms with van der Waals surface area (Å²) < 4.78 is 0. The highest BCUT2D eigenvalue weighted by Gasteiger charge is 2.24. The molecule has 3 rings (SSSR count). The quantitative estimate of drug-likeness (QED) is 0.816. The summed E-state index contributed by atoms with van der Waals surface area (Å²) in [4.78, 5) is 4.62. The fourth-order valence-electron chi connectivity index (χ4n) is 2.58. The molecular formula is C12H20N4. The van der Waals surface area contributed by atoms with Gasteiger partial charge in [-0.2, -0.15) is 5.10 Å². The Bertz CT molecular complexity index is 337. The van der Waals surface area contributed by atoms with Crippen LogP contribution in [0.1, 0.15) is 56.1 Å². The van der Waals surface area contributed by atoms with Crippen LogP contribution in [0.4, 0.5) is 0 Å². The lowest BCUT2D eigenvalue weighted by Crippen LogP contribution is -2.35. The van der Waals surface area contributed by atoms with Gasteiger partial charge in [0, 0.05) is 18.4 Å². The highest BCUT2D eigenvalue weighted by atomic mass is 15.2. The molecule has 1 aromatic rings.